The van der Waals surface area contributed by atoms with E-state index in [1.165, 1.54) is 12.1 Å². The van der Waals surface area contributed by atoms with Gasteiger partial charge in [0.1, 0.15) is 11.6 Å². The van der Waals surface area contributed by atoms with E-state index in [9.17, 15) is 14.0 Å². The first-order chi connectivity index (χ1) is 15.5. The summed E-state index contributed by atoms with van der Waals surface area (Å²) in [7, 11) is 0. The Kier molecular flexibility index (Phi) is 6.72. The molecule has 0 radical (unpaired) electrons. The topological polar surface area (TPSA) is 79.9 Å². The van der Waals surface area contributed by atoms with Crippen molar-refractivity contribution in [2.45, 2.75) is 25.6 Å². The highest BCUT2D eigenvalue weighted by Crippen LogP contribution is 2.34. The summed E-state index contributed by atoms with van der Waals surface area (Å²) in [5, 5.41) is 5.81. The number of ether oxygens (including phenoxy) is 2. The fourth-order valence-corrected chi connectivity index (χ4v) is 4.35. The fraction of sp³-hybridized carbons (Fsp3) is 0.417. The molecular formula is C24H28FN3O4. The molecule has 2 aliphatic rings. The zero-order valence-electron chi connectivity index (χ0n) is 18.1. The molecule has 2 amide bonds. The molecule has 0 aliphatic carbocycles. The van der Waals surface area contributed by atoms with E-state index in [0.29, 0.717) is 45.9 Å². The molecule has 4 rings (SSSR count). The first kappa shape index (κ1) is 22.2. The van der Waals surface area contributed by atoms with Gasteiger partial charge in [-0.3, -0.25) is 14.5 Å². The maximum absolute atomic E-state index is 13.2. The number of hydrogen-bond acceptors (Lipinski definition) is 5. The zero-order chi connectivity index (χ0) is 22.6. The van der Waals surface area contributed by atoms with Crippen LogP contribution in [-0.4, -0.2) is 55.2 Å². The molecule has 2 aliphatic heterocycles. The van der Waals surface area contributed by atoms with Crippen LogP contribution in [-0.2, 0) is 27.4 Å². The van der Waals surface area contributed by atoms with Crippen LogP contribution >= 0.6 is 0 Å². The Bertz CT molecular complexity index is 951. The summed E-state index contributed by atoms with van der Waals surface area (Å²) in [5.41, 5.74) is 0.625. The van der Waals surface area contributed by atoms with Gasteiger partial charge in [0.2, 0.25) is 5.91 Å². The molecule has 0 unspecified atom stereocenters. The van der Waals surface area contributed by atoms with Crippen molar-refractivity contribution in [3.8, 4) is 5.75 Å². The smallest absolute Gasteiger partial charge is 0.254 e. The van der Waals surface area contributed by atoms with Crippen LogP contribution in [0.3, 0.4) is 0 Å². The standard InChI is InChI=1S/C24H28FN3O4/c1-2-31-20-9-5-17(6-10-20)13-27-22(29)21-15-28(14-18-3-7-19(25)8-4-18)16-24(21)23(30)26-11-12-32-24/h3-10,21H,2,11-16H2,1H3,(H,26,30)(H,27,29)/t21-,24-/m1/s1. The number of halogens is 1. The van der Waals surface area contributed by atoms with Crippen LogP contribution in [0.15, 0.2) is 48.5 Å². The largest absolute Gasteiger partial charge is 0.494 e. The Morgan fingerprint density at radius 3 is 2.62 bits per heavy atom. The molecule has 32 heavy (non-hydrogen) atoms. The van der Waals surface area contributed by atoms with Gasteiger partial charge >= 0.3 is 0 Å². The van der Waals surface area contributed by atoms with Crippen LogP contribution < -0.4 is 15.4 Å². The summed E-state index contributed by atoms with van der Waals surface area (Å²) in [4.78, 5) is 28.0. The molecule has 0 saturated carbocycles. The summed E-state index contributed by atoms with van der Waals surface area (Å²) >= 11 is 0. The predicted octanol–water partition coefficient (Wildman–Crippen LogP) is 1.86. The molecule has 170 valence electrons. The van der Waals surface area contributed by atoms with Crippen LogP contribution in [0, 0.1) is 11.7 Å². The molecule has 2 aromatic rings. The van der Waals surface area contributed by atoms with Crippen LogP contribution in [0.5, 0.6) is 5.75 Å². The summed E-state index contributed by atoms with van der Waals surface area (Å²) < 4.78 is 24.7. The van der Waals surface area contributed by atoms with Gasteiger partial charge in [-0.15, -0.1) is 0 Å². The maximum atomic E-state index is 13.2. The highest BCUT2D eigenvalue weighted by atomic mass is 19.1. The number of hydrogen-bond donors (Lipinski definition) is 2. The second kappa shape index (κ2) is 9.67. The number of nitrogens with zero attached hydrogens (tertiary/aromatic N) is 1. The van der Waals surface area contributed by atoms with E-state index in [-0.39, 0.29) is 17.6 Å². The minimum atomic E-state index is -1.22. The summed E-state index contributed by atoms with van der Waals surface area (Å²) in [6.45, 7) is 4.83. The second-order valence-electron chi connectivity index (χ2n) is 8.14. The van der Waals surface area contributed by atoms with Crippen molar-refractivity contribution in [2.75, 3.05) is 32.8 Å². The SMILES string of the molecule is CCOc1ccc(CNC(=O)[C@H]2CN(Cc3ccc(F)cc3)C[C@@]23OCCNC3=O)cc1. The molecule has 7 nitrogen and oxygen atoms in total. The highest BCUT2D eigenvalue weighted by Gasteiger charge is 2.57. The average Bonchev–Trinajstić information content (AvgIpc) is 3.16. The average molecular weight is 442 g/mol. The van der Waals surface area contributed by atoms with E-state index in [1.807, 2.05) is 36.1 Å². The molecule has 2 aromatic carbocycles. The normalized spacial score (nSPS) is 23.2. The molecule has 2 fully saturated rings. The predicted molar refractivity (Wildman–Crippen MR) is 116 cm³/mol. The number of carbonyl (C=O) groups excluding carboxylic acids is 2. The number of amides is 2. The van der Waals surface area contributed by atoms with Gasteiger partial charge in [-0.05, 0) is 42.3 Å². The molecule has 2 saturated heterocycles. The zero-order valence-corrected chi connectivity index (χ0v) is 18.1. The van der Waals surface area contributed by atoms with E-state index < -0.39 is 11.5 Å². The van der Waals surface area contributed by atoms with Crippen LogP contribution in [0.25, 0.3) is 0 Å². The van der Waals surface area contributed by atoms with Crippen molar-refractivity contribution in [2.24, 2.45) is 5.92 Å². The first-order valence-electron chi connectivity index (χ1n) is 10.9. The minimum absolute atomic E-state index is 0.224. The number of rotatable bonds is 7. The lowest BCUT2D eigenvalue weighted by Crippen LogP contribution is -2.61. The number of carbonyl (C=O) groups is 2. The highest BCUT2D eigenvalue weighted by molar-refractivity contribution is 5.94. The second-order valence-corrected chi connectivity index (χ2v) is 8.14. The fourth-order valence-electron chi connectivity index (χ4n) is 4.35. The van der Waals surface area contributed by atoms with Crippen molar-refractivity contribution in [3.05, 3.63) is 65.5 Å². The maximum Gasteiger partial charge on any atom is 0.254 e. The molecule has 1 spiro atoms. The van der Waals surface area contributed by atoms with Crippen LogP contribution in [0.4, 0.5) is 4.39 Å². The Hall–Kier alpha value is -2.97. The van der Waals surface area contributed by atoms with E-state index in [1.54, 1.807) is 12.1 Å². The lowest BCUT2D eigenvalue weighted by molar-refractivity contribution is -0.163. The van der Waals surface area contributed by atoms with Gasteiger partial charge in [0.05, 0.1) is 19.1 Å². The Labute approximate surface area is 186 Å². The Morgan fingerprint density at radius 1 is 1.22 bits per heavy atom. The van der Waals surface area contributed by atoms with Gasteiger partial charge in [-0.2, -0.15) is 0 Å². The molecule has 8 heteroatoms. The molecule has 0 bridgehead atoms. The Balaban J connectivity index is 1.45. The quantitative estimate of drug-likeness (QED) is 0.686. The van der Waals surface area contributed by atoms with Crippen LogP contribution in [0.1, 0.15) is 18.1 Å². The molecular weight excluding hydrogens is 413 g/mol. The molecule has 2 N–H and O–H groups in total. The van der Waals surface area contributed by atoms with E-state index in [2.05, 4.69) is 10.6 Å². The third-order valence-corrected chi connectivity index (χ3v) is 5.93. The van der Waals surface area contributed by atoms with Gasteiger partial charge in [-0.1, -0.05) is 24.3 Å². The van der Waals surface area contributed by atoms with Gasteiger partial charge in [0.15, 0.2) is 5.60 Å². The molecule has 0 aromatic heterocycles. The Morgan fingerprint density at radius 2 is 1.94 bits per heavy atom. The van der Waals surface area contributed by atoms with Crippen molar-refractivity contribution in [1.82, 2.24) is 15.5 Å². The summed E-state index contributed by atoms with van der Waals surface area (Å²) in [6, 6.07) is 13.8. The summed E-state index contributed by atoms with van der Waals surface area (Å²) in [6.07, 6.45) is 0. The lowest BCUT2D eigenvalue weighted by atomic mass is 9.87. The number of likely N-dealkylation sites (tertiary alicyclic amines) is 1. The van der Waals surface area contributed by atoms with Gasteiger partial charge in [0, 0.05) is 32.7 Å². The van der Waals surface area contributed by atoms with E-state index in [0.717, 1.165) is 16.9 Å². The first-order valence-corrected chi connectivity index (χ1v) is 10.9. The van der Waals surface area contributed by atoms with Gasteiger partial charge in [-0.25, -0.2) is 4.39 Å². The lowest BCUT2D eigenvalue weighted by Gasteiger charge is -2.36. The minimum Gasteiger partial charge on any atom is -0.494 e. The number of nitrogens with one attached hydrogen (secondary N) is 2. The third-order valence-electron chi connectivity index (χ3n) is 5.93. The van der Waals surface area contributed by atoms with E-state index >= 15 is 0 Å². The van der Waals surface area contributed by atoms with Crippen molar-refractivity contribution in [3.63, 3.8) is 0 Å². The third kappa shape index (κ3) is 4.76. The van der Waals surface area contributed by atoms with E-state index in [4.69, 9.17) is 9.47 Å². The molecule has 2 heterocycles. The molecule has 2 atom stereocenters. The monoisotopic (exact) mass is 441 g/mol. The van der Waals surface area contributed by atoms with Crippen molar-refractivity contribution >= 4 is 11.8 Å². The van der Waals surface area contributed by atoms with Crippen LogP contribution in [0.2, 0.25) is 0 Å². The van der Waals surface area contributed by atoms with Crippen molar-refractivity contribution in [1.29, 1.82) is 0 Å². The van der Waals surface area contributed by atoms with Gasteiger partial charge in [0.25, 0.3) is 5.91 Å². The van der Waals surface area contributed by atoms with Crippen molar-refractivity contribution < 1.29 is 23.5 Å². The number of benzene rings is 2. The number of morpholine rings is 1. The summed E-state index contributed by atoms with van der Waals surface area (Å²) in [5.74, 6) is -0.649. The van der Waals surface area contributed by atoms with Gasteiger partial charge < -0.3 is 20.1 Å².